The highest BCUT2D eigenvalue weighted by Gasteiger charge is 2.14. The molecular formula is C12H16N4O. The zero-order valence-corrected chi connectivity index (χ0v) is 10.1. The van der Waals surface area contributed by atoms with Crippen LogP contribution in [0.25, 0.3) is 0 Å². The molecule has 5 nitrogen and oxygen atoms in total. The Bertz CT molecular complexity index is 493. The molecule has 0 saturated heterocycles. The SMILES string of the molecule is CCCc1nn(C)c(Oc2cccnc2)c1N. The monoisotopic (exact) mass is 232 g/mol. The second-order valence-corrected chi connectivity index (χ2v) is 3.83. The van der Waals surface area contributed by atoms with Crippen LogP contribution in [0.1, 0.15) is 19.0 Å². The Morgan fingerprint density at radius 3 is 2.94 bits per heavy atom. The molecule has 0 atom stereocenters. The predicted molar refractivity (Wildman–Crippen MR) is 65.9 cm³/mol. The molecule has 0 bridgehead atoms. The molecule has 0 fully saturated rings. The number of nitrogen functional groups attached to an aromatic ring is 1. The van der Waals surface area contributed by atoms with Crippen molar-refractivity contribution in [3.8, 4) is 11.6 Å². The quantitative estimate of drug-likeness (QED) is 0.877. The van der Waals surface area contributed by atoms with Crippen molar-refractivity contribution in [3.63, 3.8) is 0 Å². The molecule has 5 heteroatoms. The van der Waals surface area contributed by atoms with E-state index >= 15 is 0 Å². The third-order valence-electron chi connectivity index (χ3n) is 2.44. The number of aryl methyl sites for hydroxylation is 2. The van der Waals surface area contributed by atoms with Crippen molar-refractivity contribution >= 4 is 5.69 Å². The first kappa shape index (κ1) is 11.4. The Morgan fingerprint density at radius 1 is 1.47 bits per heavy atom. The summed E-state index contributed by atoms with van der Waals surface area (Å²) in [5.74, 6) is 1.23. The van der Waals surface area contributed by atoms with Crippen LogP contribution in [-0.2, 0) is 13.5 Å². The molecule has 2 heterocycles. The van der Waals surface area contributed by atoms with Gasteiger partial charge in [-0.25, -0.2) is 4.68 Å². The van der Waals surface area contributed by atoms with Crippen LogP contribution in [0.3, 0.4) is 0 Å². The van der Waals surface area contributed by atoms with Crippen LogP contribution in [0.4, 0.5) is 5.69 Å². The van der Waals surface area contributed by atoms with Crippen LogP contribution in [0.15, 0.2) is 24.5 Å². The standard InChI is InChI=1S/C12H16N4O/c1-3-5-10-11(13)12(16(2)15-10)17-9-6-4-7-14-8-9/h4,6-8H,3,5,13H2,1-2H3. The Labute approximate surface area is 100 Å². The Kier molecular flexibility index (Phi) is 3.27. The average Bonchev–Trinajstić information content (AvgIpc) is 2.59. The molecular weight excluding hydrogens is 216 g/mol. The van der Waals surface area contributed by atoms with E-state index in [9.17, 15) is 0 Å². The molecule has 0 spiro atoms. The van der Waals surface area contributed by atoms with Gasteiger partial charge in [0.15, 0.2) is 0 Å². The largest absolute Gasteiger partial charge is 0.436 e. The van der Waals surface area contributed by atoms with Crippen molar-refractivity contribution < 1.29 is 4.74 Å². The lowest BCUT2D eigenvalue weighted by atomic mass is 10.2. The van der Waals surface area contributed by atoms with E-state index in [0.29, 0.717) is 17.3 Å². The lowest BCUT2D eigenvalue weighted by Gasteiger charge is -2.05. The van der Waals surface area contributed by atoms with E-state index in [1.165, 1.54) is 0 Å². The fourth-order valence-electron chi connectivity index (χ4n) is 1.64. The smallest absolute Gasteiger partial charge is 0.241 e. The summed E-state index contributed by atoms with van der Waals surface area (Å²) in [5.41, 5.74) is 7.50. The Balaban J connectivity index is 2.27. The number of ether oxygens (including phenoxy) is 1. The minimum absolute atomic E-state index is 0.571. The van der Waals surface area contributed by atoms with Crippen LogP contribution in [0.2, 0.25) is 0 Å². The average molecular weight is 232 g/mol. The summed E-state index contributed by atoms with van der Waals surface area (Å²) in [7, 11) is 1.82. The molecule has 90 valence electrons. The van der Waals surface area contributed by atoms with Crippen molar-refractivity contribution in [3.05, 3.63) is 30.2 Å². The van der Waals surface area contributed by atoms with Gasteiger partial charge in [0, 0.05) is 13.2 Å². The number of pyridine rings is 1. The van der Waals surface area contributed by atoms with Gasteiger partial charge in [-0.2, -0.15) is 5.10 Å². The van der Waals surface area contributed by atoms with Crippen molar-refractivity contribution in [2.75, 3.05) is 5.73 Å². The first-order chi connectivity index (χ1) is 8.22. The summed E-state index contributed by atoms with van der Waals surface area (Å²) in [6, 6.07) is 3.65. The highest BCUT2D eigenvalue weighted by atomic mass is 16.5. The molecule has 0 saturated carbocycles. The fraction of sp³-hybridized carbons (Fsp3) is 0.333. The molecule has 0 radical (unpaired) electrons. The zero-order valence-electron chi connectivity index (χ0n) is 10.1. The first-order valence-electron chi connectivity index (χ1n) is 5.61. The lowest BCUT2D eigenvalue weighted by molar-refractivity contribution is 0.431. The van der Waals surface area contributed by atoms with E-state index in [4.69, 9.17) is 10.5 Å². The zero-order chi connectivity index (χ0) is 12.3. The number of hydrogen-bond acceptors (Lipinski definition) is 4. The molecule has 0 aliphatic rings. The predicted octanol–water partition coefficient (Wildman–Crippen LogP) is 2.14. The second kappa shape index (κ2) is 4.86. The summed E-state index contributed by atoms with van der Waals surface area (Å²) in [4.78, 5) is 3.99. The van der Waals surface area contributed by atoms with Crippen LogP contribution >= 0.6 is 0 Å². The van der Waals surface area contributed by atoms with Crippen LogP contribution in [-0.4, -0.2) is 14.8 Å². The molecule has 0 aromatic carbocycles. The van der Waals surface area contributed by atoms with Gasteiger partial charge < -0.3 is 10.5 Å². The van der Waals surface area contributed by atoms with E-state index in [2.05, 4.69) is 17.0 Å². The van der Waals surface area contributed by atoms with Gasteiger partial charge in [-0.05, 0) is 18.6 Å². The molecule has 2 N–H and O–H groups in total. The highest BCUT2D eigenvalue weighted by Crippen LogP contribution is 2.29. The lowest BCUT2D eigenvalue weighted by Crippen LogP contribution is -1.97. The van der Waals surface area contributed by atoms with Crippen molar-refractivity contribution in [1.82, 2.24) is 14.8 Å². The summed E-state index contributed by atoms with van der Waals surface area (Å²) in [5, 5.41) is 4.34. The molecule has 2 rings (SSSR count). The number of rotatable bonds is 4. The summed E-state index contributed by atoms with van der Waals surface area (Å²) < 4.78 is 7.34. The van der Waals surface area contributed by atoms with Crippen molar-refractivity contribution in [2.45, 2.75) is 19.8 Å². The van der Waals surface area contributed by atoms with E-state index < -0.39 is 0 Å². The number of nitrogens with two attached hydrogens (primary N) is 1. The van der Waals surface area contributed by atoms with Gasteiger partial charge in [-0.3, -0.25) is 4.98 Å². The minimum Gasteiger partial charge on any atom is -0.436 e. The van der Waals surface area contributed by atoms with Gasteiger partial charge in [0.05, 0.1) is 11.9 Å². The fourth-order valence-corrected chi connectivity index (χ4v) is 1.64. The number of hydrogen-bond donors (Lipinski definition) is 1. The van der Waals surface area contributed by atoms with Gasteiger partial charge in [0.1, 0.15) is 11.4 Å². The molecule has 0 unspecified atom stereocenters. The van der Waals surface area contributed by atoms with E-state index in [-0.39, 0.29) is 0 Å². The van der Waals surface area contributed by atoms with E-state index in [1.807, 2.05) is 19.2 Å². The van der Waals surface area contributed by atoms with Crippen LogP contribution in [0.5, 0.6) is 11.6 Å². The van der Waals surface area contributed by atoms with E-state index in [0.717, 1.165) is 18.5 Å². The maximum atomic E-state index is 6.01. The van der Waals surface area contributed by atoms with E-state index in [1.54, 1.807) is 17.1 Å². The third kappa shape index (κ3) is 2.38. The molecule has 0 amide bonds. The second-order valence-electron chi connectivity index (χ2n) is 3.83. The summed E-state index contributed by atoms with van der Waals surface area (Å²) in [6.45, 7) is 2.09. The van der Waals surface area contributed by atoms with Gasteiger partial charge >= 0.3 is 0 Å². The summed E-state index contributed by atoms with van der Waals surface area (Å²) in [6.07, 6.45) is 5.21. The number of aromatic nitrogens is 3. The highest BCUT2D eigenvalue weighted by molar-refractivity contribution is 5.54. The van der Waals surface area contributed by atoms with Gasteiger partial charge in [-0.15, -0.1) is 0 Å². The molecule has 0 aliphatic heterocycles. The Morgan fingerprint density at radius 2 is 2.29 bits per heavy atom. The van der Waals surface area contributed by atoms with Gasteiger partial charge in [0.25, 0.3) is 0 Å². The van der Waals surface area contributed by atoms with Crippen LogP contribution < -0.4 is 10.5 Å². The van der Waals surface area contributed by atoms with Crippen molar-refractivity contribution in [2.24, 2.45) is 7.05 Å². The van der Waals surface area contributed by atoms with Gasteiger partial charge in [-0.1, -0.05) is 13.3 Å². The number of anilines is 1. The summed E-state index contributed by atoms with van der Waals surface area (Å²) >= 11 is 0. The third-order valence-corrected chi connectivity index (χ3v) is 2.44. The maximum Gasteiger partial charge on any atom is 0.241 e. The van der Waals surface area contributed by atoms with Crippen LogP contribution in [0, 0.1) is 0 Å². The first-order valence-corrected chi connectivity index (χ1v) is 5.61. The van der Waals surface area contributed by atoms with Crippen molar-refractivity contribution in [1.29, 1.82) is 0 Å². The number of nitrogens with zero attached hydrogens (tertiary/aromatic N) is 3. The maximum absolute atomic E-state index is 6.01. The molecule has 17 heavy (non-hydrogen) atoms. The topological polar surface area (TPSA) is 66.0 Å². The normalized spacial score (nSPS) is 10.5. The van der Waals surface area contributed by atoms with Gasteiger partial charge in [0.2, 0.25) is 5.88 Å². The molecule has 0 aliphatic carbocycles. The molecule has 2 aromatic rings. The minimum atomic E-state index is 0.571. The Hall–Kier alpha value is -2.04. The molecule has 2 aromatic heterocycles.